The molecular weight excluding hydrogens is 364 g/mol. The van der Waals surface area contributed by atoms with Gasteiger partial charge in [0.05, 0.1) is 12.1 Å². The van der Waals surface area contributed by atoms with Crippen molar-refractivity contribution in [1.29, 1.82) is 0 Å². The van der Waals surface area contributed by atoms with Gasteiger partial charge in [-0.25, -0.2) is 4.39 Å². The van der Waals surface area contributed by atoms with E-state index < -0.39 is 0 Å². The maximum atomic E-state index is 13.7. The quantitative estimate of drug-likeness (QED) is 0.659. The molecule has 0 radical (unpaired) electrons. The first kappa shape index (κ1) is 21.6. The Bertz CT molecular complexity index is 682. The zero-order valence-corrected chi connectivity index (χ0v) is 16.2. The third-order valence-electron chi connectivity index (χ3n) is 3.89. The van der Waals surface area contributed by atoms with Crippen LogP contribution in [0.1, 0.15) is 31.4 Å². The van der Waals surface area contributed by atoms with Crippen LogP contribution in [0.5, 0.6) is 11.5 Å². The van der Waals surface area contributed by atoms with Crippen LogP contribution in [0.4, 0.5) is 4.39 Å². The molecule has 0 aliphatic rings. The molecule has 2 rings (SSSR count). The van der Waals surface area contributed by atoms with E-state index >= 15 is 0 Å². The summed E-state index contributed by atoms with van der Waals surface area (Å²) in [5.41, 5.74) is 1.48. The van der Waals surface area contributed by atoms with Gasteiger partial charge in [-0.2, -0.15) is 0 Å². The van der Waals surface area contributed by atoms with Crippen LogP contribution in [-0.2, 0) is 13.2 Å². The molecule has 0 aliphatic heterocycles. The van der Waals surface area contributed by atoms with Gasteiger partial charge in [0.1, 0.15) is 12.4 Å². The van der Waals surface area contributed by atoms with Gasteiger partial charge in [-0.15, -0.1) is 12.4 Å². The Hall–Kier alpha value is -1.49. The fourth-order valence-electron chi connectivity index (χ4n) is 2.22. The molecule has 0 aromatic heterocycles. The van der Waals surface area contributed by atoms with E-state index in [0.29, 0.717) is 34.7 Å². The van der Waals surface area contributed by atoms with Crippen LogP contribution in [0.15, 0.2) is 36.4 Å². The van der Waals surface area contributed by atoms with Crippen LogP contribution in [0.2, 0.25) is 5.02 Å². The lowest BCUT2D eigenvalue weighted by Crippen LogP contribution is -2.24. The molecule has 6 heteroatoms. The summed E-state index contributed by atoms with van der Waals surface area (Å²) in [5.74, 6) is 0.663. The van der Waals surface area contributed by atoms with E-state index in [0.717, 1.165) is 12.0 Å². The largest absolute Gasteiger partial charge is 0.493 e. The summed E-state index contributed by atoms with van der Waals surface area (Å²) in [6.07, 6.45) is 1.05. The van der Waals surface area contributed by atoms with Crippen molar-refractivity contribution in [1.82, 2.24) is 5.32 Å². The van der Waals surface area contributed by atoms with E-state index in [9.17, 15) is 4.39 Å². The molecule has 1 atom stereocenters. The second-order valence-electron chi connectivity index (χ2n) is 5.68. The average Bonchev–Trinajstić information content (AvgIpc) is 2.59. The normalized spacial score (nSPS) is 11.6. The van der Waals surface area contributed by atoms with Crippen LogP contribution < -0.4 is 14.8 Å². The van der Waals surface area contributed by atoms with Crippen LogP contribution in [0.25, 0.3) is 0 Å². The van der Waals surface area contributed by atoms with Crippen molar-refractivity contribution >= 4 is 24.0 Å². The molecule has 0 aliphatic carbocycles. The Labute approximate surface area is 159 Å². The minimum absolute atomic E-state index is 0. The van der Waals surface area contributed by atoms with E-state index in [1.807, 2.05) is 12.1 Å². The Morgan fingerprint density at radius 2 is 1.96 bits per heavy atom. The first-order chi connectivity index (χ1) is 11.5. The van der Waals surface area contributed by atoms with E-state index in [2.05, 4.69) is 19.2 Å². The first-order valence-electron chi connectivity index (χ1n) is 8.01. The molecule has 0 saturated heterocycles. The van der Waals surface area contributed by atoms with Gasteiger partial charge in [-0.05, 0) is 37.1 Å². The number of methoxy groups -OCH3 is 1. The lowest BCUT2D eigenvalue weighted by atomic mass is 10.1. The predicted octanol–water partition coefficient (Wildman–Crippen LogP) is 5.38. The Balaban J connectivity index is 0.00000312. The molecule has 0 bridgehead atoms. The minimum atomic E-state index is -0.304. The van der Waals surface area contributed by atoms with E-state index in [1.165, 1.54) is 6.07 Å². The van der Waals surface area contributed by atoms with E-state index in [-0.39, 0.29) is 24.8 Å². The summed E-state index contributed by atoms with van der Waals surface area (Å²) in [4.78, 5) is 0. The van der Waals surface area contributed by atoms with Gasteiger partial charge in [0.2, 0.25) is 0 Å². The molecule has 138 valence electrons. The number of halogens is 3. The lowest BCUT2D eigenvalue weighted by Gasteiger charge is -2.16. The van der Waals surface area contributed by atoms with Crippen molar-refractivity contribution in [2.75, 3.05) is 7.11 Å². The highest BCUT2D eigenvalue weighted by molar-refractivity contribution is 6.32. The van der Waals surface area contributed by atoms with Gasteiger partial charge in [-0.3, -0.25) is 0 Å². The number of hydrogen-bond acceptors (Lipinski definition) is 3. The lowest BCUT2D eigenvalue weighted by molar-refractivity contribution is 0.279. The van der Waals surface area contributed by atoms with Crippen LogP contribution in [-0.4, -0.2) is 13.2 Å². The number of ether oxygens (including phenoxy) is 2. The number of nitrogens with one attached hydrogen (secondary N) is 1. The van der Waals surface area contributed by atoms with E-state index in [1.54, 1.807) is 25.3 Å². The molecule has 2 aromatic rings. The SMILES string of the molecule is CCC(C)NCc1cc(Cl)c(OCc2ccccc2F)c(OC)c1.Cl. The Kier molecular flexibility index (Phi) is 9.04. The molecule has 0 amide bonds. The average molecular weight is 388 g/mol. The van der Waals surface area contributed by atoms with Crippen molar-refractivity contribution in [2.45, 2.75) is 39.5 Å². The molecule has 2 aromatic carbocycles. The van der Waals surface area contributed by atoms with Gasteiger partial charge in [0, 0.05) is 18.2 Å². The van der Waals surface area contributed by atoms with E-state index in [4.69, 9.17) is 21.1 Å². The van der Waals surface area contributed by atoms with Gasteiger partial charge in [0.15, 0.2) is 11.5 Å². The van der Waals surface area contributed by atoms with Crippen LogP contribution in [0, 0.1) is 5.82 Å². The highest BCUT2D eigenvalue weighted by Crippen LogP contribution is 2.37. The molecule has 3 nitrogen and oxygen atoms in total. The third kappa shape index (κ3) is 6.07. The molecule has 25 heavy (non-hydrogen) atoms. The summed E-state index contributed by atoms with van der Waals surface area (Å²) in [7, 11) is 1.56. The Morgan fingerprint density at radius 1 is 1.24 bits per heavy atom. The van der Waals surface area contributed by atoms with Gasteiger partial charge in [-0.1, -0.05) is 36.7 Å². The van der Waals surface area contributed by atoms with Crippen LogP contribution in [0.3, 0.4) is 0 Å². The zero-order valence-electron chi connectivity index (χ0n) is 14.6. The van der Waals surface area contributed by atoms with Crippen molar-refractivity contribution in [3.63, 3.8) is 0 Å². The topological polar surface area (TPSA) is 30.5 Å². The highest BCUT2D eigenvalue weighted by Gasteiger charge is 2.13. The number of rotatable bonds is 8. The first-order valence-corrected chi connectivity index (χ1v) is 8.39. The van der Waals surface area contributed by atoms with Gasteiger partial charge in [0.25, 0.3) is 0 Å². The predicted molar refractivity (Wildman–Crippen MR) is 103 cm³/mol. The maximum Gasteiger partial charge on any atom is 0.180 e. The standard InChI is InChI=1S/C19H23ClFNO2.ClH/c1-4-13(2)22-11-14-9-16(20)19(18(10-14)23-3)24-12-15-7-5-6-8-17(15)21;/h5-10,13,22H,4,11-12H2,1-3H3;1H. The zero-order chi connectivity index (χ0) is 17.5. The van der Waals surface area contributed by atoms with Crippen molar-refractivity contribution in [3.8, 4) is 11.5 Å². The van der Waals surface area contributed by atoms with Crippen molar-refractivity contribution < 1.29 is 13.9 Å². The number of benzene rings is 2. The summed E-state index contributed by atoms with van der Waals surface area (Å²) in [5, 5.41) is 3.86. The summed E-state index contributed by atoms with van der Waals surface area (Å²) < 4.78 is 24.8. The fraction of sp³-hybridized carbons (Fsp3) is 0.368. The molecule has 0 fully saturated rings. The smallest absolute Gasteiger partial charge is 0.180 e. The fourth-order valence-corrected chi connectivity index (χ4v) is 2.50. The van der Waals surface area contributed by atoms with Crippen molar-refractivity contribution in [3.05, 3.63) is 58.4 Å². The second kappa shape index (κ2) is 10.5. The highest BCUT2D eigenvalue weighted by atomic mass is 35.5. The molecular formula is C19H24Cl2FNO2. The monoisotopic (exact) mass is 387 g/mol. The molecule has 0 spiro atoms. The molecule has 0 heterocycles. The Morgan fingerprint density at radius 3 is 2.60 bits per heavy atom. The minimum Gasteiger partial charge on any atom is -0.493 e. The molecule has 1 unspecified atom stereocenters. The molecule has 0 saturated carbocycles. The summed E-state index contributed by atoms with van der Waals surface area (Å²) in [6.45, 7) is 5.04. The van der Waals surface area contributed by atoms with Gasteiger partial charge < -0.3 is 14.8 Å². The number of hydrogen-bond donors (Lipinski definition) is 1. The van der Waals surface area contributed by atoms with Gasteiger partial charge >= 0.3 is 0 Å². The second-order valence-corrected chi connectivity index (χ2v) is 6.09. The summed E-state index contributed by atoms with van der Waals surface area (Å²) >= 11 is 6.34. The maximum absolute atomic E-state index is 13.7. The van der Waals surface area contributed by atoms with Crippen LogP contribution >= 0.6 is 24.0 Å². The summed E-state index contributed by atoms with van der Waals surface area (Å²) in [6, 6.07) is 10.7. The third-order valence-corrected chi connectivity index (χ3v) is 4.17. The van der Waals surface area contributed by atoms with Crippen molar-refractivity contribution in [2.24, 2.45) is 0 Å². The molecule has 1 N–H and O–H groups in total.